The number of nitriles is 1. The fourth-order valence-electron chi connectivity index (χ4n) is 3.32. The van der Waals surface area contributed by atoms with E-state index < -0.39 is 10.0 Å². The van der Waals surface area contributed by atoms with Gasteiger partial charge in [-0.25, -0.2) is 23.1 Å². The Kier molecular flexibility index (Phi) is 5.61. The van der Waals surface area contributed by atoms with Gasteiger partial charge in [0, 0.05) is 23.5 Å². The maximum atomic E-state index is 12.6. The Morgan fingerprint density at radius 3 is 2.60 bits per heavy atom. The van der Waals surface area contributed by atoms with Gasteiger partial charge >= 0.3 is 0 Å². The van der Waals surface area contributed by atoms with Crippen molar-refractivity contribution in [3.05, 3.63) is 52.0 Å². The maximum absolute atomic E-state index is 12.6. The lowest BCUT2D eigenvalue weighted by molar-refractivity contribution is -0.116. The van der Waals surface area contributed by atoms with E-state index in [4.69, 9.17) is 10.4 Å². The highest BCUT2D eigenvalue weighted by atomic mass is 32.2. The van der Waals surface area contributed by atoms with Gasteiger partial charge in [0.1, 0.15) is 11.6 Å². The Morgan fingerprint density at radius 2 is 1.97 bits per heavy atom. The van der Waals surface area contributed by atoms with Gasteiger partial charge in [0.25, 0.3) is 0 Å². The predicted molar refractivity (Wildman–Crippen MR) is 111 cm³/mol. The standard InChI is InChI=1S/C20H22N6O3S/c1-11-7-16(30(22,28)29)8-18(12(11)2)25-19(27)6-5-17-13(3)24-20-15(9-21)10-23-26(20)14(17)4/h7-8,10H,5-6H2,1-4H3,(H,25,27)(H2,22,28,29). The van der Waals surface area contributed by atoms with Gasteiger partial charge in [-0.15, -0.1) is 0 Å². The van der Waals surface area contributed by atoms with Crippen molar-refractivity contribution in [1.82, 2.24) is 14.6 Å². The van der Waals surface area contributed by atoms with Gasteiger partial charge in [0.15, 0.2) is 5.65 Å². The minimum absolute atomic E-state index is 0.0470. The summed E-state index contributed by atoms with van der Waals surface area (Å²) in [5, 5.41) is 21.4. The summed E-state index contributed by atoms with van der Waals surface area (Å²) in [6.45, 7) is 7.25. The Balaban J connectivity index is 1.82. The second-order valence-corrected chi connectivity index (χ2v) is 8.73. The smallest absolute Gasteiger partial charge is 0.238 e. The van der Waals surface area contributed by atoms with E-state index in [1.165, 1.54) is 18.3 Å². The Bertz CT molecular complexity index is 1320. The minimum atomic E-state index is -3.88. The molecule has 0 aliphatic heterocycles. The van der Waals surface area contributed by atoms with Crippen LogP contribution in [0.2, 0.25) is 0 Å². The number of anilines is 1. The van der Waals surface area contributed by atoms with E-state index in [0.717, 1.165) is 22.5 Å². The highest BCUT2D eigenvalue weighted by Crippen LogP contribution is 2.24. The molecule has 0 saturated heterocycles. The van der Waals surface area contributed by atoms with Gasteiger partial charge in [-0.05, 0) is 62.9 Å². The number of amides is 1. The van der Waals surface area contributed by atoms with Crippen LogP contribution in [0.5, 0.6) is 0 Å². The van der Waals surface area contributed by atoms with Crippen LogP contribution in [-0.2, 0) is 21.2 Å². The summed E-state index contributed by atoms with van der Waals surface area (Å²) in [6, 6.07) is 4.91. The lowest BCUT2D eigenvalue weighted by Crippen LogP contribution is -2.17. The predicted octanol–water partition coefficient (Wildman–Crippen LogP) is 2.05. The van der Waals surface area contributed by atoms with Crippen LogP contribution >= 0.6 is 0 Å². The SMILES string of the molecule is Cc1cc(S(N)(=O)=O)cc(NC(=O)CCc2c(C)nc3c(C#N)cnn3c2C)c1C. The third-order valence-corrected chi connectivity index (χ3v) is 6.07. The maximum Gasteiger partial charge on any atom is 0.238 e. The van der Waals surface area contributed by atoms with E-state index in [-0.39, 0.29) is 17.2 Å². The first-order chi connectivity index (χ1) is 14.0. The zero-order valence-electron chi connectivity index (χ0n) is 17.1. The van der Waals surface area contributed by atoms with Crippen molar-refractivity contribution >= 4 is 27.3 Å². The molecule has 30 heavy (non-hydrogen) atoms. The minimum Gasteiger partial charge on any atom is -0.326 e. The lowest BCUT2D eigenvalue weighted by Gasteiger charge is -2.14. The molecule has 0 unspecified atom stereocenters. The van der Waals surface area contributed by atoms with Gasteiger partial charge in [-0.3, -0.25) is 4.79 Å². The molecular formula is C20H22N6O3S. The summed E-state index contributed by atoms with van der Waals surface area (Å²) >= 11 is 0. The molecule has 0 fully saturated rings. The average molecular weight is 427 g/mol. The van der Waals surface area contributed by atoms with E-state index in [2.05, 4.69) is 21.5 Å². The number of hydrogen-bond donors (Lipinski definition) is 2. The fraction of sp³-hybridized carbons (Fsp3) is 0.300. The molecule has 156 valence electrons. The molecule has 0 saturated carbocycles. The molecule has 3 aromatic rings. The molecule has 0 aliphatic carbocycles. The van der Waals surface area contributed by atoms with E-state index in [9.17, 15) is 13.2 Å². The summed E-state index contributed by atoms with van der Waals surface area (Å²) in [6.07, 6.45) is 2.05. The summed E-state index contributed by atoms with van der Waals surface area (Å²) in [5.74, 6) is -0.263. The number of benzene rings is 1. The van der Waals surface area contributed by atoms with Crippen LogP contribution in [0, 0.1) is 39.0 Å². The van der Waals surface area contributed by atoms with Crippen LogP contribution in [0.4, 0.5) is 5.69 Å². The highest BCUT2D eigenvalue weighted by Gasteiger charge is 2.17. The molecule has 3 N–H and O–H groups in total. The van der Waals surface area contributed by atoms with Gasteiger partial charge < -0.3 is 5.32 Å². The summed E-state index contributed by atoms with van der Waals surface area (Å²) in [7, 11) is -3.88. The van der Waals surface area contributed by atoms with E-state index in [1.54, 1.807) is 18.4 Å². The van der Waals surface area contributed by atoms with Crippen LogP contribution < -0.4 is 10.5 Å². The van der Waals surface area contributed by atoms with Crippen LogP contribution in [0.1, 0.15) is 40.1 Å². The molecule has 0 bridgehead atoms. The average Bonchev–Trinajstić information content (AvgIpc) is 3.07. The zero-order chi connectivity index (χ0) is 22.2. The Hall–Kier alpha value is -3.29. The molecule has 3 rings (SSSR count). The van der Waals surface area contributed by atoms with Crippen LogP contribution in [0.3, 0.4) is 0 Å². The van der Waals surface area contributed by atoms with Crippen molar-refractivity contribution in [1.29, 1.82) is 5.26 Å². The second kappa shape index (κ2) is 7.85. The largest absolute Gasteiger partial charge is 0.326 e. The molecule has 0 spiro atoms. The number of aromatic nitrogens is 3. The number of nitrogens with zero attached hydrogens (tertiary/aromatic N) is 4. The molecule has 2 heterocycles. The first kappa shape index (κ1) is 21.4. The third kappa shape index (κ3) is 4.03. The Labute approximate surface area is 174 Å². The molecule has 1 aromatic carbocycles. The van der Waals surface area contributed by atoms with Gasteiger partial charge in [0.2, 0.25) is 15.9 Å². The molecule has 0 radical (unpaired) electrons. The van der Waals surface area contributed by atoms with Crippen molar-refractivity contribution in [3.8, 4) is 6.07 Å². The quantitative estimate of drug-likeness (QED) is 0.639. The molecule has 1 amide bonds. The van der Waals surface area contributed by atoms with E-state index >= 15 is 0 Å². The monoisotopic (exact) mass is 426 g/mol. The summed E-state index contributed by atoms with van der Waals surface area (Å²) < 4.78 is 25.0. The van der Waals surface area contributed by atoms with Gasteiger partial charge in [-0.1, -0.05) is 0 Å². The van der Waals surface area contributed by atoms with Crippen LogP contribution in [0.25, 0.3) is 5.65 Å². The summed E-state index contributed by atoms with van der Waals surface area (Å²) in [5.41, 5.74) is 5.20. The number of carbonyl (C=O) groups excluding carboxylic acids is 1. The van der Waals surface area contributed by atoms with Gasteiger partial charge in [0.05, 0.1) is 11.1 Å². The molecular weight excluding hydrogens is 404 g/mol. The van der Waals surface area contributed by atoms with Crippen molar-refractivity contribution < 1.29 is 13.2 Å². The molecule has 2 aromatic heterocycles. The van der Waals surface area contributed by atoms with E-state index in [1.807, 2.05) is 13.8 Å². The van der Waals surface area contributed by atoms with Crippen molar-refractivity contribution in [2.75, 3.05) is 5.32 Å². The Morgan fingerprint density at radius 1 is 1.27 bits per heavy atom. The fourth-order valence-corrected chi connectivity index (χ4v) is 3.95. The number of nitrogens with two attached hydrogens (primary N) is 1. The summed E-state index contributed by atoms with van der Waals surface area (Å²) in [4.78, 5) is 17.0. The lowest BCUT2D eigenvalue weighted by atomic mass is 10.1. The zero-order valence-corrected chi connectivity index (χ0v) is 18.0. The molecule has 9 nitrogen and oxygen atoms in total. The first-order valence-corrected chi connectivity index (χ1v) is 10.8. The molecule has 0 aliphatic rings. The van der Waals surface area contributed by atoms with Crippen LogP contribution in [-0.4, -0.2) is 28.9 Å². The number of primary sulfonamides is 1. The normalized spacial score (nSPS) is 11.5. The van der Waals surface area contributed by atoms with Crippen molar-refractivity contribution in [2.45, 2.75) is 45.4 Å². The van der Waals surface area contributed by atoms with E-state index in [0.29, 0.717) is 28.9 Å². The number of aryl methyl sites for hydroxylation is 3. The number of nitrogens with one attached hydrogen (secondary N) is 1. The number of carbonyl (C=O) groups is 1. The number of rotatable bonds is 5. The number of hydrogen-bond acceptors (Lipinski definition) is 6. The van der Waals surface area contributed by atoms with Crippen molar-refractivity contribution in [2.24, 2.45) is 5.14 Å². The number of fused-ring (bicyclic) bond motifs is 1. The van der Waals surface area contributed by atoms with Crippen LogP contribution in [0.15, 0.2) is 23.2 Å². The topological polar surface area (TPSA) is 143 Å². The van der Waals surface area contributed by atoms with Crippen molar-refractivity contribution in [3.63, 3.8) is 0 Å². The second-order valence-electron chi connectivity index (χ2n) is 7.17. The van der Waals surface area contributed by atoms with Gasteiger partial charge in [-0.2, -0.15) is 10.4 Å². The third-order valence-electron chi connectivity index (χ3n) is 5.17. The molecule has 10 heteroatoms. The number of sulfonamides is 1. The molecule has 0 atom stereocenters. The first-order valence-electron chi connectivity index (χ1n) is 9.20. The highest BCUT2D eigenvalue weighted by molar-refractivity contribution is 7.89.